The summed E-state index contributed by atoms with van der Waals surface area (Å²) >= 11 is 3.49. The number of halogens is 1. The average Bonchev–Trinajstić information content (AvgIpc) is 2.47. The lowest BCUT2D eigenvalue weighted by atomic mass is 10.0. The summed E-state index contributed by atoms with van der Waals surface area (Å²) in [6, 6.07) is 4.06. The van der Waals surface area contributed by atoms with Gasteiger partial charge in [-0.3, -0.25) is 0 Å². The summed E-state index contributed by atoms with van der Waals surface area (Å²) in [5, 5.41) is 3.35. The van der Waals surface area contributed by atoms with Crippen LogP contribution in [0.3, 0.4) is 0 Å². The van der Waals surface area contributed by atoms with Gasteiger partial charge in [0.15, 0.2) is 0 Å². The highest BCUT2D eigenvalue weighted by Gasteiger charge is 2.09. The number of nitrogens with one attached hydrogen (secondary N) is 1. The minimum atomic E-state index is 0.868. The van der Waals surface area contributed by atoms with Crippen molar-refractivity contribution in [3.05, 3.63) is 22.2 Å². The van der Waals surface area contributed by atoms with Gasteiger partial charge in [-0.2, -0.15) is 0 Å². The Hall–Kier alpha value is -0.740. The maximum absolute atomic E-state index is 5.44. The molecule has 3 nitrogen and oxygen atoms in total. The fourth-order valence-corrected chi connectivity index (χ4v) is 2.70. The number of ether oxygens (including phenoxy) is 2. The maximum Gasteiger partial charge on any atom is 0.133 e. The Morgan fingerprint density at radius 2 is 1.70 bits per heavy atom. The third-order valence-electron chi connectivity index (χ3n) is 3.35. The molecule has 0 amide bonds. The van der Waals surface area contributed by atoms with Crippen LogP contribution in [0.5, 0.6) is 11.5 Å². The van der Waals surface area contributed by atoms with E-state index in [4.69, 9.17) is 9.47 Å². The normalized spacial score (nSPS) is 10.6. The summed E-state index contributed by atoms with van der Waals surface area (Å²) in [5.74, 6) is 1.80. The molecule has 0 bridgehead atoms. The van der Waals surface area contributed by atoms with Gasteiger partial charge in [0.1, 0.15) is 11.5 Å². The van der Waals surface area contributed by atoms with Gasteiger partial charge >= 0.3 is 0 Å². The lowest BCUT2D eigenvalue weighted by Gasteiger charge is -2.12. The highest BCUT2D eigenvalue weighted by Crippen LogP contribution is 2.33. The van der Waals surface area contributed by atoms with Crippen LogP contribution >= 0.6 is 15.9 Å². The Morgan fingerprint density at radius 1 is 1.00 bits per heavy atom. The van der Waals surface area contributed by atoms with Gasteiger partial charge in [0.2, 0.25) is 0 Å². The largest absolute Gasteiger partial charge is 0.496 e. The van der Waals surface area contributed by atoms with Crippen molar-refractivity contribution in [1.82, 2.24) is 5.32 Å². The molecule has 0 aliphatic carbocycles. The Morgan fingerprint density at radius 3 is 2.35 bits per heavy atom. The molecule has 0 aliphatic rings. The van der Waals surface area contributed by atoms with E-state index in [1.165, 1.54) is 31.2 Å². The number of rotatable bonds is 10. The van der Waals surface area contributed by atoms with Gasteiger partial charge in [-0.05, 0) is 66.0 Å². The average molecular weight is 344 g/mol. The molecule has 0 unspecified atom stereocenters. The van der Waals surface area contributed by atoms with Crippen LogP contribution in [-0.2, 0) is 6.42 Å². The van der Waals surface area contributed by atoms with Crippen LogP contribution in [0.2, 0.25) is 0 Å². The zero-order chi connectivity index (χ0) is 14.8. The van der Waals surface area contributed by atoms with Crippen LogP contribution in [-0.4, -0.2) is 27.3 Å². The molecule has 0 atom stereocenters. The van der Waals surface area contributed by atoms with Gasteiger partial charge in [-0.15, -0.1) is 0 Å². The monoisotopic (exact) mass is 343 g/mol. The molecule has 0 aliphatic heterocycles. The van der Waals surface area contributed by atoms with Crippen LogP contribution in [0, 0.1) is 0 Å². The van der Waals surface area contributed by atoms with Crippen LogP contribution < -0.4 is 14.8 Å². The number of hydrogen-bond acceptors (Lipinski definition) is 3. The smallest absolute Gasteiger partial charge is 0.133 e. The fraction of sp³-hybridized carbons (Fsp3) is 0.625. The van der Waals surface area contributed by atoms with E-state index in [0.717, 1.165) is 35.5 Å². The van der Waals surface area contributed by atoms with Crippen molar-refractivity contribution in [2.45, 2.75) is 39.0 Å². The molecule has 20 heavy (non-hydrogen) atoms. The number of aryl methyl sites for hydroxylation is 1. The van der Waals surface area contributed by atoms with Gasteiger partial charge in [-0.1, -0.05) is 19.8 Å². The second kappa shape index (κ2) is 10.1. The zero-order valence-electron chi connectivity index (χ0n) is 12.8. The molecule has 1 N–H and O–H groups in total. The van der Waals surface area contributed by atoms with Gasteiger partial charge in [0.25, 0.3) is 0 Å². The van der Waals surface area contributed by atoms with E-state index < -0.39 is 0 Å². The molecular weight excluding hydrogens is 318 g/mol. The third-order valence-corrected chi connectivity index (χ3v) is 3.97. The molecule has 0 aromatic heterocycles. The van der Waals surface area contributed by atoms with Gasteiger partial charge in [0, 0.05) is 0 Å². The van der Waals surface area contributed by atoms with E-state index in [-0.39, 0.29) is 0 Å². The van der Waals surface area contributed by atoms with Crippen molar-refractivity contribution in [1.29, 1.82) is 0 Å². The van der Waals surface area contributed by atoms with Crippen molar-refractivity contribution >= 4 is 15.9 Å². The first-order valence-corrected chi connectivity index (χ1v) is 8.13. The standard InChI is InChI=1S/C16H26BrNO2/c1-4-18-10-8-6-5-7-9-13-11-16(20-3)14(17)12-15(13)19-2/h11-12,18H,4-10H2,1-3H3. The molecule has 4 heteroatoms. The first-order chi connectivity index (χ1) is 9.72. The quantitative estimate of drug-likeness (QED) is 0.646. The van der Waals surface area contributed by atoms with E-state index in [0.29, 0.717) is 0 Å². The number of unbranched alkanes of at least 4 members (excludes halogenated alkanes) is 3. The van der Waals surface area contributed by atoms with Gasteiger partial charge in [-0.25, -0.2) is 0 Å². The Balaban J connectivity index is 2.42. The Kier molecular flexibility index (Phi) is 8.70. The SMILES string of the molecule is CCNCCCCCCc1cc(OC)c(Br)cc1OC. The number of benzene rings is 1. The first kappa shape index (κ1) is 17.3. The summed E-state index contributed by atoms with van der Waals surface area (Å²) in [5.41, 5.74) is 1.22. The second-order valence-corrected chi connectivity index (χ2v) is 5.67. The predicted octanol–water partition coefficient (Wildman–Crippen LogP) is 4.18. The minimum absolute atomic E-state index is 0.868. The number of methoxy groups -OCH3 is 2. The van der Waals surface area contributed by atoms with Gasteiger partial charge in [0.05, 0.1) is 18.7 Å². The molecule has 0 spiro atoms. The lowest BCUT2D eigenvalue weighted by Crippen LogP contribution is -2.13. The molecule has 114 valence electrons. The van der Waals surface area contributed by atoms with Crippen molar-refractivity contribution in [2.75, 3.05) is 27.3 Å². The molecular formula is C16H26BrNO2. The molecule has 0 fully saturated rings. The highest BCUT2D eigenvalue weighted by molar-refractivity contribution is 9.10. The van der Waals surface area contributed by atoms with Crippen molar-refractivity contribution in [2.24, 2.45) is 0 Å². The molecule has 0 saturated heterocycles. The summed E-state index contributed by atoms with van der Waals surface area (Å²) < 4.78 is 11.7. The Labute approximate surface area is 131 Å². The van der Waals surface area contributed by atoms with E-state index in [1.807, 2.05) is 6.07 Å². The Bertz CT molecular complexity index is 396. The van der Waals surface area contributed by atoms with Crippen LogP contribution in [0.1, 0.15) is 38.2 Å². The van der Waals surface area contributed by atoms with Crippen LogP contribution in [0.25, 0.3) is 0 Å². The molecule has 1 aromatic rings. The van der Waals surface area contributed by atoms with E-state index in [2.05, 4.69) is 34.2 Å². The van der Waals surface area contributed by atoms with E-state index in [9.17, 15) is 0 Å². The van der Waals surface area contributed by atoms with Crippen LogP contribution in [0.4, 0.5) is 0 Å². The lowest BCUT2D eigenvalue weighted by molar-refractivity contribution is 0.396. The van der Waals surface area contributed by atoms with Crippen molar-refractivity contribution in [3.8, 4) is 11.5 Å². The first-order valence-electron chi connectivity index (χ1n) is 7.34. The summed E-state index contributed by atoms with van der Waals surface area (Å²) in [6.07, 6.45) is 6.02. The van der Waals surface area contributed by atoms with Crippen LogP contribution in [0.15, 0.2) is 16.6 Å². The summed E-state index contributed by atoms with van der Waals surface area (Å²) in [4.78, 5) is 0. The van der Waals surface area contributed by atoms with E-state index in [1.54, 1.807) is 14.2 Å². The van der Waals surface area contributed by atoms with Gasteiger partial charge < -0.3 is 14.8 Å². The molecule has 1 aromatic carbocycles. The highest BCUT2D eigenvalue weighted by atomic mass is 79.9. The zero-order valence-corrected chi connectivity index (χ0v) is 14.4. The maximum atomic E-state index is 5.44. The van der Waals surface area contributed by atoms with E-state index >= 15 is 0 Å². The third kappa shape index (κ3) is 5.71. The predicted molar refractivity (Wildman–Crippen MR) is 88.0 cm³/mol. The van der Waals surface area contributed by atoms with Crippen molar-refractivity contribution in [3.63, 3.8) is 0 Å². The fourth-order valence-electron chi connectivity index (χ4n) is 2.21. The summed E-state index contributed by atoms with van der Waals surface area (Å²) in [7, 11) is 3.41. The summed E-state index contributed by atoms with van der Waals surface area (Å²) in [6.45, 7) is 4.34. The molecule has 1 rings (SSSR count). The van der Waals surface area contributed by atoms with Crippen molar-refractivity contribution < 1.29 is 9.47 Å². The number of hydrogen-bond donors (Lipinski definition) is 1. The minimum Gasteiger partial charge on any atom is -0.496 e. The topological polar surface area (TPSA) is 30.5 Å². The molecule has 0 heterocycles. The molecule has 0 saturated carbocycles. The molecule has 0 radical (unpaired) electrons. The second-order valence-electron chi connectivity index (χ2n) is 4.82.